The highest BCUT2D eigenvalue weighted by Crippen LogP contribution is 2.31. The zero-order valence-corrected chi connectivity index (χ0v) is 15.6. The van der Waals surface area contributed by atoms with Crippen LogP contribution in [0.2, 0.25) is 0 Å². The van der Waals surface area contributed by atoms with Crippen molar-refractivity contribution in [1.29, 1.82) is 0 Å². The lowest BCUT2D eigenvalue weighted by Gasteiger charge is -2.14. The third-order valence-corrected chi connectivity index (χ3v) is 6.22. The molecule has 8 heteroatoms. The molecule has 27 heavy (non-hydrogen) atoms. The highest BCUT2D eigenvalue weighted by molar-refractivity contribution is 7.89. The second kappa shape index (κ2) is 7.22. The molecule has 1 aliphatic heterocycles. The molecular weight excluding hydrogens is 364 g/mol. The van der Waals surface area contributed by atoms with Gasteiger partial charge in [0, 0.05) is 18.2 Å². The first-order valence-electron chi connectivity index (χ1n) is 8.69. The molecule has 0 bridgehead atoms. The van der Waals surface area contributed by atoms with Crippen molar-refractivity contribution in [2.45, 2.75) is 23.4 Å². The summed E-state index contributed by atoms with van der Waals surface area (Å²) in [6.07, 6.45) is 0.568. The summed E-state index contributed by atoms with van der Waals surface area (Å²) in [4.78, 5) is 6.80. The van der Waals surface area contributed by atoms with Crippen LogP contribution in [0, 0.1) is 0 Å². The van der Waals surface area contributed by atoms with Crippen LogP contribution in [0.3, 0.4) is 0 Å². The van der Waals surface area contributed by atoms with Crippen LogP contribution >= 0.6 is 0 Å². The molecule has 1 N–H and O–H groups in total. The zero-order valence-electron chi connectivity index (χ0n) is 14.8. The van der Waals surface area contributed by atoms with Crippen molar-refractivity contribution in [3.8, 4) is 11.4 Å². The van der Waals surface area contributed by atoms with E-state index in [1.54, 1.807) is 30.3 Å². The fourth-order valence-electron chi connectivity index (χ4n) is 3.34. The molecule has 2 atom stereocenters. The molecule has 3 aromatic rings. The van der Waals surface area contributed by atoms with Gasteiger partial charge < -0.3 is 4.52 Å². The van der Waals surface area contributed by atoms with E-state index in [0.29, 0.717) is 24.7 Å². The van der Waals surface area contributed by atoms with Crippen LogP contribution in [-0.4, -0.2) is 43.1 Å². The van der Waals surface area contributed by atoms with Gasteiger partial charge in [-0.1, -0.05) is 53.7 Å². The molecule has 0 amide bonds. The predicted octanol–water partition coefficient (Wildman–Crippen LogP) is 2.46. The third kappa shape index (κ3) is 3.78. The standard InChI is InChI=1S/C19H20N4O3S/c1-23-13-15(22-27(24,25)16-10-6-3-7-11-16)12-17(23)19-20-18(21-26-19)14-8-4-2-5-9-14/h2-11,15,17,22H,12-13H2,1H3. The summed E-state index contributed by atoms with van der Waals surface area (Å²) in [6, 6.07) is 17.6. The first-order chi connectivity index (χ1) is 13.0. The lowest BCUT2D eigenvalue weighted by atomic mass is 10.2. The van der Waals surface area contributed by atoms with Crippen LogP contribution in [0.25, 0.3) is 11.4 Å². The molecule has 1 saturated heterocycles. The topological polar surface area (TPSA) is 88.3 Å². The van der Waals surface area contributed by atoms with Gasteiger partial charge in [-0.2, -0.15) is 4.98 Å². The number of benzene rings is 2. The van der Waals surface area contributed by atoms with Crippen LogP contribution in [0.15, 0.2) is 70.1 Å². The Kier molecular flexibility index (Phi) is 4.77. The van der Waals surface area contributed by atoms with E-state index in [0.717, 1.165) is 5.56 Å². The Balaban J connectivity index is 1.48. The molecule has 2 heterocycles. The number of aromatic nitrogens is 2. The van der Waals surface area contributed by atoms with Crippen molar-refractivity contribution in [3.05, 3.63) is 66.6 Å². The predicted molar refractivity (Wildman–Crippen MR) is 100 cm³/mol. The van der Waals surface area contributed by atoms with Crippen molar-refractivity contribution >= 4 is 10.0 Å². The smallest absolute Gasteiger partial charge is 0.244 e. The van der Waals surface area contributed by atoms with Crippen LogP contribution in [-0.2, 0) is 10.0 Å². The van der Waals surface area contributed by atoms with Gasteiger partial charge in [-0.05, 0) is 25.6 Å². The van der Waals surface area contributed by atoms with E-state index in [1.165, 1.54) is 0 Å². The molecule has 1 fully saturated rings. The van der Waals surface area contributed by atoms with E-state index in [4.69, 9.17) is 4.52 Å². The summed E-state index contributed by atoms with van der Waals surface area (Å²) in [6.45, 7) is 0.569. The number of hydrogen-bond donors (Lipinski definition) is 1. The minimum absolute atomic E-state index is 0.126. The molecule has 1 aromatic heterocycles. The molecule has 0 saturated carbocycles. The van der Waals surface area contributed by atoms with Crippen molar-refractivity contribution in [1.82, 2.24) is 19.8 Å². The highest BCUT2D eigenvalue weighted by Gasteiger charge is 2.36. The normalized spacial score (nSPS) is 20.8. The maximum atomic E-state index is 12.5. The van der Waals surface area contributed by atoms with Crippen molar-refractivity contribution in [2.24, 2.45) is 0 Å². The van der Waals surface area contributed by atoms with Crippen LogP contribution in [0.5, 0.6) is 0 Å². The third-order valence-electron chi connectivity index (χ3n) is 4.68. The SMILES string of the molecule is CN1CC(NS(=O)(=O)c2ccccc2)CC1c1nc(-c2ccccc2)no1. The van der Waals surface area contributed by atoms with E-state index < -0.39 is 10.0 Å². The number of hydrogen-bond acceptors (Lipinski definition) is 6. The van der Waals surface area contributed by atoms with Crippen molar-refractivity contribution < 1.29 is 12.9 Å². The summed E-state index contributed by atoms with van der Waals surface area (Å²) in [7, 11) is -1.63. The molecule has 2 aromatic carbocycles. The Morgan fingerprint density at radius 1 is 1.07 bits per heavy atom. The van der Waals surface area contributed by atoms with Gasteiger partial charge in [0.25, 0.3) is 0 Å². The average Bonchev–Trinajstić information content (AvgIpc) is 3.29. The molecule has 0 spiro atoms. The highest BCUT2D eigenvalue weighted by atomic mass is 32.2. The summed E-state index contributed by atoms with van der Waals surface area (Å²) < 4.78 is 33.3. The summed E-state index contributed by atoms with van der Waals surface area (Å²) in [5.74, 6) is 1.03. The summed E-state index contributed by atoms with van der Waals surface area (Å²) in [5, 5.41) is 4.06. The van der Waals surface area contributed by atoms with E-state index in [1.807, 2.05) is 42.3 Å². The number of nitrogens with zero attached hydrogens (tertiary/aromatic N) is 3. The second-order valence-electron chi connectivity index (χ2n) is 6.64. The summed E-state index contributed by atoms with van der Waals surface area (Å²) >= 11 is 0. The van der Waals surface area contributed by atoms with Gasteiger partial charge in [-0.25, -0.2) is 13.1 Å². The fraction of sp³-hybridized carbons (Fsp3) is 0.263. The minimum atomic E-state index is -3.55. The van der Waals surface area contributed by atoms with Gasteiger partial charge in [0.05, 0.1) is 10.9 Å². The maximum Gasteiger partial charge on any atom is 0.244 e. The zero-order chi connectivity index (χ0) is 18.9. The van der Waals surface area contributed by atoms with Gasteiger partial charge in [0.15, 0.2) is 0 Å². The van der Waals surface area contributed by atoms with Crippen LogP contribution in [0.1, 0.15) is 18.4 Å². The Labute approximate surface area is 158 Å². The first-order valence-corrected chi connectivity index (χ1v) is 10.2. The monoisotopic (exact) mass is 384 g/mol. The lowest BCUT2D eigenvalue weighted by Crippen LogP contribution is -2.36. The molecule has 7 nitrogen and oxygen atoms in total. The Bertz CT molecular complexity index is 1010. The number of rotatable bonds is 5. The van der Waals surface area contributed by atoms with Gasteiger partial charge >= 0.3 is 0 Å². The molecule has 4 rings (SSSR count). The number of likely N-dealkylation sites (N-methyl/N-ethyl adjacent to an activating group) is 1. The van der Waals surface area contributed by atoms with Gasteiger partial charge in [-0.15, -0.1) is 0 Å². The van der Waals surface area contributed by atoms with Crippen molar-refractivity contribution in [3.63, 3.8) is 0 Å². The largest absolute Gasteiger partial charge is 0.337 e. The first kappa shape index (κ1) is 17.8. The van der Waals surface area contributed by atoms with Gasteiger partial charge in [-0.3, -0.25) is 4.90 Å². The van der Waals surface area contributed by atoms with Crippen LogP contribution in [0.4, 0.5) is 0 Å². The molecule has 2 unspecified atom stereocenters. The fourth-order valence-corrected chi connectivity index (χ4v) is 4.60. The Morgan fingerprint density at radius 3 is 2.44 bits per heavy atom. The maximum absolute atomic E-state index is 12.5. The van der Waals surface area contributed by atoms with E-state index in [9.17, 15) is 8.42 Å². The van der Waals surface area contributed by atoms with Gasteiger partial charge in [0.2, 0.25) is 21.7 Å². The van der Waals surface area contributed by atoms with Crippen LogP contribution < -0.4 is 4.72 Å². The van der Waals surface area contributed by atoms with E-state index >= 15 is 0 Å². The van der Waals surface area contributed by atoms with Crippen molar-refractivity contribution in [2.75, 3.05) is 13.6 Å². The molecular formula is C19H20N4O3S. The number of nitrogens with one attached hydrogen (secondary N) is 1. The average molecular weight is 384 g/mol. The molecule has 0 aliphatic carbocycles. The Hall–Kier alpha value is -2.55. The molecule has 0 radical (unpaired) electrons. The number of sulfonamides is 1. The molecule has 1 aliphatic rings. The summed E-state index contributed by atoms with van der Waals surface area (Å²) in [5.41, 5.74) is 0.884. The van der Waals surface area contributed by atoms with E-state index in [2.05, 4.69) is 14.9 Å². The van der Waals surface area contributed by atoms with Gasteiger partial charge in [0.1, 0.15) is 0 Å². The second-order valence-corrected chi connectivity index (χ2v) is 8.36. The minimum Gasteiger partial charge on any atom is -0.337 e. The molecule has 140 valence electrons. The quantitative estimate of drug-likeness (QED) is 0.727. The van der Waals surface area contributed by atoms with E-state index in [-0.39, 0.29) is 17.0 Å². The lowest BCUT2D eigenvalue weighted by molar-refractivity contribution is 0.244. The Morgan fingerprint density at radius 2 is 1.74 bits per heavy atom. The number of likely N-dealkylation sites (tertiary alicyclic amines) is 1.